The van der Waals surface area contributed by atoms with Gasteiger partial charge in [-0.05, 0) is 66.2 Å². The number of methoxy groups -OCH3 is 1. The van der Waals surface area contributed by atoms with Crippen LogP contribution in [-0.4, -0.2) is 37.7 Å². The van der Waals surface area contributed by atoms with Gasteiger partial charge in [-0.15, -0.1) is 0 Å². The van der Waals surface area contributed by atoms with E-state index in [2.05, 4.69) is 15.8 Å². The minimum Gasteiger partial charge on any atom is -0.497 e. The van der Waals surface area contributed by atoms with Gasteiger partial charge in [-0.25, -0.2) is 10.2 Å². The molecule has 0 bridgehead atoms. The smallest absolute Gasteiger partial charge is 0.343 e. The molecule has 2 amide bonds. The van der Waals surface area contributed by atoms with Crippen LogP contribution in [0.2, 0.25) is 5.02 Å². The topological polar surface area (TPSA) is 106 Å². The number of rotatable bonds is 8. The Bertz CT molecular complexity index is 1160. The first-order chi connectivity index (χ1) is 15.9. The van der Waals surface area contributed by atoms with Gasteiger partial charge in [0.2, 0.25) is 0 Å². The average Bonchev–Trinajstić information content (AvgIpc) is 2.83. The SMILES string of the molecule is COc1ccc(C(=O)NCC(=O)N/N=C/c2cccc(OC(=O)c3ccc(Cl)cc3)c2)cc1. The molecule has 168 valence electrons. The molecule has 3 aromatic rings. The van der Waals surface area contributed by atoms with Gasteiger partial charge in [0, 0.05) is 10.6 Å². The van der Waals surface area contributed by atoms with E-state index in [0.717, 1.165) is 0 Å². The van der Waals surface area contributed by atoms with Crippen molar-refractivity contribution >= 4 is 35.6 Å². The molecular weight excluding hydrogens is 446 g/mol. The highest BCUT2D eigenvalue weighted by atomic mass is 35.5. The normalized spacial score (nSPS) is 10.5. The molecule has 0 saturated carbocycles. The summed E-state index contributed by atoms with van der Waals surface area (Å²) in [5.41, 5.74) is 3.68. The Kier molecular flexibility index (Phi) is 8.15. The first kappa shape index (κ1) is 23.5. The number of hydrogen-bond donors (Lipinski definition) is 2. The predicted molar refractivity (Wildman–Crippen MR) is 124 cm³/mol. The van der Waals surface area contributed by atoms with Crippen molar-refractivity contribution in [1.29, 1.82) is 0 Å². The van der Waals surface area contributed by atoms with Crippen LogP contribution in [0.4, 0.5) is 0 Å². The molecule has 3 aromatic carbocycles. The summed E-state index contributed by atoms with van der Waals surface area (Å²) in [6.45, 7) is -0.249. The van der Waals surface area contributed by atoms with Crippen LogP contribution in [0.15, 0.2) is 77.9 Å². The molecule has 0 aliphatic carbocycles. The Balaban J connectivity index is 1.48. The van der Waals surface area contributed by atoms with E-state index in [1.165, 1.54) is 13.3 Å². The third-order valence-electron chi connectivity index (χ3n) is 4.31. The van der Waals surface area contributed by atoms with Gasteiger partial charge in [0.05, 0.1) is 25.4 Å². The molecule has 0 saturated heterocycles. The number of hydrogen-bond acceptors (Lipinski definition) is 6. The molecule has 0 heterocycles. The van der Waals surface area contributed by atoms with Crippen molar-refractivity contribution in [1.82, 2.24) is 10.7 Å². The zero-order valence-electron chi connectivity index (χ0n) is 17.6. The van der Waals surface area contributed by atoms with E-state index in [1.54, 1.807) is 72.8 Å². The molecular formula is C24H20ClN3O5. The van der Waals surface area contributed by atoms with Crippen molar-refractivity contribution in [2.75, 3.05) is 13.7 Å². The van der Waals surface area contributed by atoms with Gasteiger partial charge in [0.1, 0.15) is 11.5 Å². The highest BCUT2D eigenvalue weighted by Crippen LogP contribution is 2.16. The maximum absolute atomic E-state index is 12.2. The Morgan fingerprint density at radius 3 is 2.33 bits per heavy atom. The number of nitrogens with one attached hydrogen (secondary N) is 2. The number of esters is 1. The largest absolute Gasteiger partial charge is 0.497 e. The molecule has 0 atom stereocenters. The number of ether oxygens (including phenoxy) is 2. The summed E-state index contributed by atoms with van der Waals surface area (Å²) < 4.78 is 10.4. The molecule has 3 rings (SSSR count). The van der Waals surface area contributed by atoms with Gasteiger partial charge < -0.3 is 14.8 Å². The van der Waals surface area contributed by atoms with Gasteiger partial charge in [0.25, 0.3) is 11.8 Å². The van der Waals surface area contributed by atoms with Crippen LogP contribution in [-0.2, 0) is 4.79 Å². The quantitative estimate of drug-likeness (QED) is 0.229. The van der Waals surface area contributed by atoms with Crippen LogP contribution in [0.3, 0.4) is 0 Å². The van der Waals surface area contributed by atoms with Crippen LogP contribution >= 0.6 is 11.6 Å². The number of halogens is 1. The summed E-state index contributed by atoms with van der Waals surface area (Å²) >= 11 is 5.82. The highest BCUT2D eigenvalue weighted by molar-refractivity contribution is 6.30. The molecule has 0 aliphatic heterocycles. The second-order valence-corrected chi connectivity index (χ2v) is 7.11. The molecule has 9 heteroatoms. The number of carbonyl (C=O) groups is 3. The lowest BCUT2D eigenvalue weighted by molar-refractivity contribution is -0.120. The summed E-state index contributed by atoms with van der Waals surface area (Å²) in [4.78, 5) is 36.2. The summed E-state index contributed by atoms with van der Waals surface area (Å²) in [7, 11) is 1.53. The van der Waals surface area contributed by atoms with Crippen molar-refractivity contribution in [2.45, 2.75) is 0 Å². The molecule has 0 radical (unpaired) electrons. The fraction of sp³-hybridized carbons (Fsp3) is 0.0833. The lowest BCUT2D eigenvalue weighted by atomic mass is 10.2. The van der Waals surface area contributed by atoms with Gasteiger partial charge >= 0.3 is 5.97 Å². The van der Waals surface area contributed by atoms with Gasteiger partial charge in [0.15, 0.2) is 0 Å². The summed E-state index contributed by atoms with van der Waals surface area (Å²) in [5.74, 6) is -0.480. The second kappa shape index (κ2) is 11.4. The van der Waals surface area contributed by atoms with E-state index in [-0.39, 0.29) is 6.54 Å². The van der Waals surface area contributed by atoms with E-state index in [0.29, 0.717) is 33.2 Å². The van der Waals surface area contributed by atoms with Gasteiger partial charge in [-0.2, -0.15) is 5.10 Å². The summed E-state index contributed by atoms with van der Waals surface area (Å²) in [5, 5.41) is 6.88. The first-order valence-electron chi connectivity index (χ1n) is 9.76. The minimum absolute atomic E-state index is 0.249. The molecule has 0 aromatic heterocycles. The van der Waals surface area contributed by atoms with Gasteiger partial charge in [-0.3, -0.25) is 9.59 Å². The molecule has 0 unspecified atom stereocenters. The fourth-order valence-corrected chi connectivity index (χ4v) is 2.76. The van der Waals surface area contributed by atoms with Crippen LogP contribution in [0.5, 0.6) is 11.5 Å². The summed E-state index contributed by atoms with van der Waals surface area (Å²) in [6.07, 6.45) is 1.39. The Labute approximate surface area is 195 Å². The molecule has 33 heavy (non-hydrogen) atoms. The zero-order valence-corrected chi connectivity index (χ0v) is 18.3. The first-order valence-corrected chi connectivity index (χ1v) is 10.1. The van der Waals surface area contributed by atoms with Crippen LogP contribution in [0, 0.1) is 0 Å². The average molecular weight is 466 g/mol. The number of nitrogens with zero attached hydrogens (tertiary/aromatic N) is 1. The maximum Gasteiger partial charge on any atom is 0.343 e. The third kappa shape index (κ3) is 7.19. The monoisotopic (exact) mass is 465 g/mol. The van der Waals surface area contributed by atoms with Gasteiger partial charge in [-0.1, -0.05) is 23.7 Å². The lowest BCUT2D eigenvalue weighted by Crippen LogP contribution is -2.34. The van der Waals surface area contributed by atoms with E-state index >= 15 is 0 Å². The van der Waals surface area contributed by atoms with Crippen molar-refractivity contribution in [3.05, 3.63) is 94.5 Å². The molecule has 8 nitrogen and oxygen atoms in total. The second-order valence-electron chi connectivity index (χ2n) is 6.67. The Hall–Kier alpha value is -4.17. The van der Waals surface area contributed by atoms with Crippen molar-refractivity contribution < 1.29 is 23.9 Å². The zero-order chi connectivity index (χ0) is 23.6. The number of hydrazone groups is 1. The maximum atomic E-state index is 12.2. The van der Waals surface area contributed by atoms with E-state index in [1.807, 2.05) is 0 Å². The summed E-state index contributed by atoms with van der Waals surface area (Å²) in [6, 6.07) is 19.5. The minimum atomic E-state index is -0.526. The molecule has 0 spiro atoms. The van der Waals surface area contributed by atoms with Crippen LogP contribution in [0.1, 0.15) is 26.3 Å². The van der Waals surface area contributed by atoms with Crippen molar-refractivity contribution in [2.24, 2.45) is 5.10 Å². The number of amides is 2. The standard InChI is InChI=1S/C24H20ClN3O5/c1-32-20-11-7-17(8-12-20)23(30)26-15-22(29)28-27-14-16-3-2-4-21(13-16)33-24(31)18-5-9-19(25)10-6-18/h2-14H,15H2,1H3,(H,26,30)(H,28,29)/b27-14+. The number of benzene rings is 3. The number of carbonyl (C=O) groups excluding carboxylic acids is 3. The van der Waals surface area contributed by atoms with Crippen molar-refractivity contribution in [3.63, 3.8) is 0 Å². The third-order valence-corrected chi connectivity index (χ3v) is 4.57. The van der Waals surface area contributed by atoms with Crippen LogP contribution in [0.25, 0.3) is 0 Å². The molecule has 0 fully saturated rings. The molecule has 2 N–H and O–H groups in total. The van der Waals surface area contributed by atoms with Crippen molar-refractivity contribution in [3.8, 4) is 11.5 Å². The highest BCUT2D eigenvalue weighted by Gasteiger charge is 2.09. The van der Waals surface area contributed by atoms with Crippen LogP contribution < -0.4 is 20.2 Å². The predicted octanol–water partition coefficient (Wildman–Crippen LogP) is 3.45. The van der Waals surface area contributed by atoms with E-state index in [4.69, 9.17) is 21.1 Å². The lowest BCUT2D eigenvalue weighted by Gasteiger charge is -2.06. The van der Waals surface area contributed by atoms with E-state index < -0.39 is 17.8 Å². The molecule has 0 aliphatic rings. The fourth-order valence-electron chi connectivity index (χ4n) is 2.63. The Morgan fingerprint density at radius 1 is 0.939 bits per heavy atom. The Morgan fingerprint density at radius 2 is 1.64 bits per heavy atom. The van der Waals surface area contributed by atoms with E-state index in [9.17, 15) is 14.4 Å².